The van der Waals surface area contributed by atoms with Gasteiger partial charge < -0.3 is 19.5 Å². The molecule has 0 atom stereocenters. The summed E-state index contributed by atoms with van der Waals surface area (Å²) in [4.78, 5) is 23.9. The van der Waals surface area contributed by atoms with E-state index in [0.717, 1.165) is 0 Å². The first kappa shape index (κ1) is 16.6. The second-order valence-corrected chi connectivity index (χ2v) is 4.85. The topological polar surface area (TPSA) is 73.9 Å². The number of hydrogen-bond donors (Lipinski definition) is 1. The summed E-state index contributed by atoms with van der Waals surface area (Å²) in [6.45, 7) is 4.06. The molecule has 0 spiro atoms. The summed E-state index contributed by atoms with van der Waals surface area (Å²) in [5.41, 5.74) is 1.70. The van der Waals surface area contributed by atoms with Crippen LogP contribution in [0.5, 0.6) is 11.5 Å². The molecule has 6 nitrogen and oxygen atoms in total. The molecular formula is C17H19NO5. The van der Waals surface area contributed by atoms with Gasteiger partial charge in [-0.25, -0.2) is 4.79 Å². The number of carbonyl (C=O) groups is 2. The molecule has 0 bridgehead atoms. The molecule has 0 saturated heterocycles. The van der Waals surface area contributed by atoms with Crippen LogP contribution in [0.15, 0.2) is 35.0 Å². The lowest BCUT2D eigenvalue weighted by molar-refractivity contribution is -0.136. The Morgan fingerprint density at radius 3 is 2.61 bits per heavy atom. The second kappa shape index (κ2) is 7.00. The average Bonchev–Trinajstić information content (AvgIpc) is 2.82. The number of carbonyl (C=O) groups excluding carboxylic acids is 2. The van der Waals surface area contributed by atoms with Crippen LogP contribution in [-0.2, 0) is 14.3 Å². The van der Waals surface area contributed by atoms with Crippen molar-refractivity contribution in [2.45, 2.75) is 13.8 Å². The first-order valence-electron chi connectivity index (χ1n) is 7.15. The van der Waals surface area contributed by atoms with Crippen LogP contribution >= 0.6 is 0 Å². The first-order valence-corrected chi connectivity index (χ1v) is 7.15. The highest BCUT2D eigenvalue weighted by Gasteiger charge is 2.30. The summed E-state index contributed by atoms with van der Waals surface area (Å²) in [5.74, 6) is 0.286. The summed E-state index contributed by atoms with van der Waals surface area (Å²) >= 11 is 0. The van der Waals surface area contributed by atoms with Crippen molar-refractivity contribution in [3.8, 4) is 11.5 Å². The lowest BCUT2D eigenvalue weighted by atomic mass is 10.0. The van der Waals surface area contributed by atoms with Crippen molar-refractivity contribution in [2.75, 3.05) is 20.8 Å². The zero-order valence-corrected chi connectivity index (χ0v) is 13.6. The Hall–Kier alpha value is -2.76. The molecule has 0 radical (unpaired) electrons. The van der Waals surface area contributed by atoms with Crippen LogP contribution in [0.25, 0.3) is 6.08 Å². The van der Waals surface area contributed by atoms with E-state index in [9.17, 15) is 9.59 Å². The Morgan fingerprint density at radius 1 is 1.26 bits per heavy atom. The number of allylic oxidation sites excluding steroid dienone is 1. The van der Waals surface area contributed by atoms with Gasteiger partial charge in [0.15, 0.2) is 11.5 Å². The molecule has 23 heavy (non-hydrogen) atoms. The molecule has 0 aliphatic carbocycles. The fourth-order valence-electron chi connectivity index (χ4n) is 2.33. The molecule has 0 fully saturated rings. The van der Waals surface area contributed by atoms with E-state index in [2.05, 4.69) is 5.32 Å². The quantitative estimate of drug-likeness (QED) is 0.664. The molecule has 6 heteroatoms. The van der Waals surface area contributed by atoms with Crippen molar-refractivity contribution >= 4 is 18.0 Å². The lowest BCUT2D eigenvalue weighted by Crippen LogP contribution is -2.15. The number of benzene rings is 1. The second-order valence-electron chi connectivity index (χ2n) is 4.85. The molecule has 1 N–H and O–H groups in total. The van der Waals surface area contributed by atoms with Gasteiger partial charge in [-0.05, 0) is 37.6 Å². The van der Waals surface area contributed by atoms with Crippen LogP contribution in [0.3, 0.4) is 0 Å². The van der Waals surface area contributed by atoms with Crippen LogP contribution in [0.2, 0.25) is 0 Å². The number of esters is 1. The summed E-state index contributed by atoms with van der Waals surface area (Å²) in [6, 6.07) is 5.29. The zero-order chi connectivity index (χ0) is 17.0. The summed E-state index contributed by atoms with van der Waals surface area (Å²) < 4.78 is 15.5. The Bertz CT molecular complexity index is 703. The van der Waals surface area contributed by atoms with Gasteiger partial charge in [0.1, 0.15) is 0 Å². The molecule has 1 aromatic carbocycles. The smallest absolute Gasteiger partial charge is 0.340 e. The monoisotopic (exact) mass is 317 g/mol. The van der Waals surface area contributed by atoms with E-state index in [1.165, 1.54) is 7.11 Å². The fourth-order valence-corrected chi connectivity index (χ4v) is 2.33. The van der Waals surface area contributed by atoms with Gasteiger partial charge in [-0.3, -0.25) is 4.79 Å². The van der Waals surface area contributed by atoms with E-state index < -0.39 is 5.97 Å². The number of rotatable bonds is 5. The third-order valence-corrected chi connectivity index (χ3v) is 3.38. The van der Waals surface area contributed by atoms with Crippen molar-refractivity contribution in [1.82, 2.24) is 5.32 Å². The van der Waals surface area contributed by atoms with Crippen LogP contribution in [0.1, 0.15) is 19.4 Å². The van der Waals surface area contributed by atoms with Gasteiger partial charge in [0.25, 0.3) is 5.91 Å². The number of ether oxygens (including phenoxy) is 3. The van der Waals surface area contributed by atoms with E-state index in [1.807, 2.05) is 6.92 Å². The van der Waals surface area contributed by atoms with Crippen LogP contribution in [0, 0.1) is 0 Å². The minimum absolute atomic E-state index is 0.241. The standard InChI is InChI=1S/C17H19NO5/c1-5-23-13-7-6-11(9-14(13)21-3)8-12-15(17(20)22-4)10(2)18-16(12)19/h6-9H,5H2,1-4H3,(H,18,19)/b12-8-. The minimum atomic E-state index is -0.551. The highest BCUT2D eigenvalue weighted by Crippen LogP contribution is 2.31. The van der Waals surface area contributed by atoms with Crippen LogP contribution in [0.4, 0.5) is 0 Å². The third-order valence-electron chi connectivity index (χ3n) is 3.38. The van der Waals surface area contributed by atoms with E-state index in [1.54, 1.807) is 38.3 Å². The van der Waals surface area contributed by atoms with Crippen molar-refractivity contribution in [3.05, 3.63) is 40.6 Å². The Balaban J connectivity index is 2.44. The lowest BCUT2D eigenvalue weighted by Gasteiger charge is -2.10. The summed E-state index contributed by atoms with van der Waals surface area (Å²) in [7, 11) is 2.82. The molecule has 1 amide bonds. The fraction of sp³-hybridized carbons (Fsp3) is 0.294. The van der Waals surface area contributed by atoms with Gasteiger partial charge >= 0.3 is 5.97 Å². The molecule has 1 aliphatic rings. The average molecular weight is 317 g/mol. The molecule has 1 aliphatic heterocycles. The molecule has 0 unspecified atom stereocenters. The highest BCUT2D eigenvalue weighted by atomic mass is 16.5. The van der Waals surface area contributed by atoms with Gasteiger partial charge in [-0.1, -0.05) is 6.07 Å². The van der Waals surface area contributed by atoms with Crippen LogP contribution in [-0.4, -0.2) is 32.7 Å². The largest absolute Gasteiger partial charge is 0.493 e. The maximum atomic E-state index is 12.1. The van der Waals surface area contributed by atoms with E-state index >= 15 is 0 Å². The Kier molecular flexibility index (Phi) is 5.05. The van der Waals surface area contributed by atoms with Crippen molar-refractivity contribution in [1.29, 1.82) is 0 Å². The molecule has 0 aromatic heterocycles. The number of nitrogens with one attached hydrogen (secondary N) is 1. The normalized spacial score (nSPS) is 15.7. The number of hydrogen-bond acceptors (Lipinski definition) is 5. The van der Waals surface area contributed by atoms with Crippen LogP contribution < -0.4 is 14.8 Å². The van der Waals surface area contributed by atoms with Gasteiger partial charge in [-0.2, -0.15) is 0 Å². The molecular weight excluding hydrogens is 298 g/mol. The Labute approximate surface area is 134 Å². The SMILES string of the molecule is CCOc1ccc(/C=C2\C(=O)NC(C)=C2C(=O)OC)cc1OC. The number of methoxy groups -OCH3 is 2. The van der Waals surface area contributed by atoms with Gasteiger partial charge in [-0.15, -0.1) is 0 Å². The van der Waals surface area contributed by atoms with Gasteiger partial charge in [0, 0.05) is 5.70 Å². The van der Waals surface area contributed by atoms with Gasteiger partial charge in [0.2, 0.25) is 0 Å². The maximum absolute atomic E-state index is 12.1. The summed E-state index contributed by atoms with van der Waals surface area (Å²) in [6.07, 6.45) is 1.62. The maximum Gasteiger partial charge on any atom is 0.340 e. The number of amides is 1. The molecule has 0 saturated carbocycles. The first-order chi connectivity index (χ1) is 11.0. The molecule has 122 valence electrons. The van der Waals surface area contributed by atoms with E-state index in [-0.39, 0.29) is 17.1 Å². The molecule has 2 rings (SSSR count). The predicted octanol–water partition coefficient (Wildman–Crippen LogP) is 2.05. The van der Waals surface area contributed by atoms with Gasteiger partial charge in [0.05, 0.1) is 32.0 Å². The van der Waals surface area contributed by atoms with Crippen molar-refractivity contribution in [3.63, 3.8) is 0 Å². The summed E-state index contributed by atoms with van der Waals surface area (Å²) in [5, 5.41) is 2.63. The van der Waals surface area contributed by atoms with Crippen molar-refractivity contribution in [2.24, 2.45) is 0 Å². The van der Waals surface area contributed by atoms with Crippen molar-refractivity contribution < 1.29 is 23.8 Å². The molecule has 1 heterocycles. The predicted molar refractivity (Wildman–Crippen MR) is 85.0 cm³/mol. The van der Waals surface area contributed by atoms with E-state index in [0.29, 0.717) is 29.4 Å². The third kappa shape index (κ3) is 3.36. The Morgan fingerprint density at radius 2 is 2.00 bits per heavy atom. The zero-order valence-electron chi connectivity index (χ0n) is 13.6. The highest BCUT2D eigenvalue weighted by molar-refractivity contribution is 6.16. The molecule has 1 aromatic rings. The van der Waals surface area contributed by atoms with E-state index in [4.69, 9.17) is 14.2 Å². The minimum Gasteiger partial charge on any atom is -0.493 e.